The van der Waals surface area contributed by atoms with E-state index in [1.54, 1.807) is 13.8 Å². The molecule has 1 amide bonds. The lowest BCUT2D eigenvalue weighted by Crippen LogP contribution is -2.39. The van der Waals surface area contributed by atoms with E-state index in [1.165, 1.54) is 0 Å². The Morgan fingerprint density at radius 3 is 2.58 bits per heavy atom. The molecular formula is C13H17FN2O3. The topological polar surface area (TPSA) is 92.4 Å². The molecule has 0 bridgehead atoms. The number of nitrogens with one attached hydrogen (secondary N) is 1. The van der Waals surface area contributed by atoms with E-state index in [0.29, 0.717) is 6.42 Å². The predicted octanol–water partition coefficient (Wildman–Crippen LogP) is 1.84. The van der Waals surface area contributed by atoms with E-state index in [-0.39, 0.29) is 17.8 Å². The highest BCUT2D eigenvalue weighted by Crippen LogP contribution is 2.24. The largest absolute Gasteiger partial charge is 0.478 e. The van der Waals surface area contributed by atoms with E-state index in [2.05, 4.69) is 5.32 Å². The van der Waals surface area contributed by atoms with Crippen molar-refractivity contribution >= 4 is 17.6 Å². The van der Waals surface area contributed by atoms with Crippen LogP contribution in [0, 0.1) is 11.2 Å². The number of carbonyl (C=O) groups is 2. The molecule has 19 heavy (non-hydrogen) atoms. The van der Waals surface area contributed by atoms with Gasteiger partial charge in [0.25, 0.3) is 0 Å². The van der Waals surface area contributed by atoms with Gasteiger partial charge in [-0.15, -0.1) is 0 Å². The van der Waals surface area contributed by atoms with Crippen molar-refractivity contribution in [3.05, 3.63) is 29.6 Å². The molecule has 6 heteroatoms. The lowest BCUT2D eigenvalue weighted by atomic mass is 9.86. The first kappa shape index (κ1) is 15.1. The van der Waals surface area contributed by atoms with Gasteiger partial charge in [-0.3, -0.25) is 4.79 Å². The van der Waals surface area contributed by atoms with Crippen molar-refractivity contribution in [1.29, 1.82) is 0 Å². The highest BCUT2D eigenvalue weighted by atomic mass is 19.1. The number of amides is 1. The maximum atomic E-state index is 13.6. The van der Waals surface area contributed by atoms with Gasteiger partial charge in [-0.05, 0) is 31.5 Å². The summed E-state index contributed by atoms with van der Waals surface area (Å²) in [6, 6.07) is 3.22. The smallest absolute Gasteiger partial charge is 0.335 e. The van der Waals surface area contributed by atoms with Crippen LogP contribution in [-0.4, -0.2) is 23.5 Å². The highest BCUT2D eigenvalue weighted by Gasteiger charge is 2.30. The number of aromatic carboxylic acids is 1. The number of hydrogen-bond donors (Lipinski definition) is 3. The molecule has 1 atom stereocenters. The molecule has 1 unspecified atom stereocenters. The van der Waals surface area contributed by atoms with Crippen LogP contribution < -0.4 is 11.1 Å². The van der Waals surface area contributed by atoms with Gasteiger partial charge in [0.05, 0.1) is 16.7 Å². The predicted molar refractivity (Wildman–Crippen MR) is 69.4 cm³/mol. The van der Waals surface area contributed by atoms with Crippen molar-refractivity contribution in [2.24, 2.45) is 11.1 Å². The van der Waals surface area contributed by atoms with Gasteiger partial charge < -0.3 is 16.2 Å². The molecule has 5 nitrogen and oxygen atoms in total. The van der Waals surface area contributed by atoms with Gasteiger partial charge in [0.15, 0.2) is 0 Å². The van der Waals surface area contributed by atoms with Crippen LogP contribution in [-0.2, 0) is 4.79 Å². The fraction of sp³-hybridized carbons (Fsp3) is 0.385. The summed E-state index contributed by atoms with van der Waals surface area (Å²) >= 11 is 0. The Kier molecular flexibility index (Phi) is 4.61. The maximum Gasteiger partial charge on any atom is 0.335 e. The second-order valence-corrected chi connectivity index (χ2v) is 4.57. The van der Waals surface area contributed by atoms with Gasteiger partial charge in [-0.1, -0.05) is 6.92 Å². The zero-order chi connectivity index (χ0) is 14.6. The molecule has 0 aromatic heterocycles. The summed E-state index contributed by atoms with van der Waals surface area (Å²) in [5.41, 5.74) is 4.48. The van der Waals surface area contributed by atoms with Gasteiger partial charge in [-0.25, -0.2) is 9.18 Å². The van der Waals surface area contributed by atoms with Gasteiger partial charge >= 0.3 is 5.97 Å². The molecule has 0 heterocycles. The van der Waals surface area contributed by atoms with Crippen LogP contribution in [0.4, 0.5) is 10.1 Å². The molecular weight excluding hydrogens is 251 g/mol. The number of hydrogen-bond acceptors (Lipinski definition) is 3. The molecule has 1 aromatic carbocycles. The summed E-state index contributed by atoms with van der Waals surface area (Å²) in [6.07, 6.45) is 0.496. The fourth-order valence-corrected chi connectivity index (χ4v) is 1.42. The number of anilines is 1. The Morgan fingerprint density at radius 1 is 1.47 bits per heavy atom. The van der Waals surface area contributed by atoms with Crippen molar-refractivity contribution in [2.75, 3.05) is 11.9 Å². The molecule has 0 spiro atoms. The van der Waals surface area contributed by atoms with Crippen LogP contribution in [0.1, 0.15) is 30.6 Å². The van der Waals surface area contributed by atoms with Crippen molar-refractivity contribution in [2.45, 2.75) is 20.3 Å². The van der Waals surface area contributed by atoms with Gasteiger partial charge in [0.1, 0.15) is 5.82 Å². The normalized spacial score (nSPS) is 13.7. The first-order valence-corrected chi connectivity index (χ1v) is 5.88. The second kappa shape index (κ2) is 5.79. The number of rotatable bonds is 5. The van der Waals surface area contributed by atoms with Crippen molar-refractivity contribution in [3.8, 4) is 0 Å². The molecule has 0 aliphatic rings. The Balaban J connectivity index is 3.02. The highest BCUT2D eigenvalue weighted by molar-refractivity contribution is 5.97. The van der Waals surface area contributed by atoms with Crippen LogP contribution >= 0.6 is 0 Å². The third kappa shape index (κ3) is 3.29. The second-order valence-electron chi connectivity index (χ2n) is 4.57. The monoisotopic (exact) mass is 268 g/mol. The molecule has 4 N–H and O–H groups in total. The molecule has 0 aliphatic carbocycles. The van der Waals surface area contributed by atoms with E-state index in [1.807, 2.05) is 0 Å². The quantitative estimate of drug-likeness (QED) is 0.759. The SMILES string of the molecule is CCC(C)(CN)C(=O)Nc1cc(C(=O)O)ccc1F. The van der Waals surface area contributed by atoms with Crippen LogP contribution in [0.2, 0.25) is 0 Å². The zero-order valence-corrected chi connectivity index (χ0v) is 10.9. The lowest BCUT2D eigenvalue weighted by Gasteiger charge is -2.25. The Labute approximate surface area is 110 Å². The molecule has 0 aliphatic heterocycles. The lowest BCUT2D eigenvalue weighted by molar-refractivity contribution is -0.124. The van der Waals surface area contributed by atoms with Gasteiger partial charge in [0, 0.05) is 6.54 Å². The summed E-state index contributed by atoms with van der Waals surface area (Å²) in [7, 11) is 0. The maximum absolute atomic E-state index is 13.6. The van der Waals surface area contributed by atoms with Crippen molar-refractivity contribution in [1.82, 2.24) is 0 Å². The van der Waals surface area contributed by atoms with Crippen molar-refractivity contribution < 1.29 is 19.1 Å². The Hall–Kier alpha value is -1.95. The van der Waals surface area contributed by atoms with Crippen LogP contribution in [0.15, 0.2) is 18.2 Å². The third-order valence-corrected chi connectivity index (χ3v) is 3.24. The summed E-state index contributed by atoms with van der Waals surface area (Å²) in [6.45, 7) is 3.59. The van der Waals surface area contributed by atoms with E-state index in [4.69, 9.17) is 10.8 Å². The number of carboxylic acids is 1. The van der Waals surface area contributed by atoms with E-state index in [9.17, 15) is 14.0 Å². The zero-order valence-electron chi connectivity index (χ0n) is 10.9. The Morgan fingerprint density at radius 2 is 2.11 bits per heavy atom. The van der Waals surface area contributed by atoms with Crippen LogP contribution in [0.5, 0.6) is 0 Å². The number of benzene rings is 1. The minimum atomic E-state index is -1.19. The van der Waals surface area contributed by atoms with Crippen LogP contribution in [0.3, 0.4) is 0 Å². The van der Waals surface area contributed by atoms with E-state index in [0.717, 1.165) is 18.2 Å². The van der Waals surface area contributed by atoms with Crippen LogP contribution in [0.25, 0.3) is 0 Å². The molecule has 0 fully saturated rings. The number of carboxylic acid groups (broad SMARTS) is 1. The van der Waals surface area contributed by atoms with Crippen molar-refractivity contribution in [3.63, 3.8) is 0 Å². The number of halogens is 1. The standard InChI is InChI=1S/C13H17FN2O3/c1-3-13(2,7-15)12(19)16-10-6-8(11(17)18)4-5-9(10)14/h4-6H,3,7,15H2,1-2H3,(H,16,19)(H,17,18). The average molecular weight is 268 g/mol. The summed E-state index contributed by atoms with van der Waals surface area (Å²) in [5, 5.41) is 11.2. The summed E-state index contributed by atoms with van der Waals surface area (Å²) < 4.78 is 13.6. The van der Waals surface area contributed by atoms with Gasteiger partial charge in [-0.2, -0.15) is 0 Å². The van der Waals surface area contributed by atoms with E-state index >= 15 is 0 Å². The van der Waals surface area contributed by atoms with Gasteiger partial charge in [0.2, 0.25) is 5.91 Å². The molecule has 0 saturated heterocycles. The average Bonchev–Trinajstić information content (AvgIpc) is 2.39. The molecule has 1 rings (SSSR count). The van der Waals surface area contributed by atoms with E-state index < -0.39 is 23.1 Å². The molecule has 1 aromatic rings. The summed E-state index contributed by atoms with van der Waals surface area (Å²) in [4.78, 5) is 22.8. The minimum Gasteiger partial charge on any atom is -0.478 e. The summed E-state index contributed by atoms with van der Waals surface area (Å²) in [5.74, 6) is -2.31. The molecule has 104 valence electrons. The first-order chi connectivity index (χ1) is 8.84. The Bertz CT molecular complexity index is 499. The molecule has 0 radical (unpaired) electrons. The fourth-order valence-electron chi connectivity index (χ4n) is 1.42. The molecule has 0 saturated carbocycles. The number of carbonyl (C=O) groups excluding carboxylic acids is 1. The minimum absolute atomic E-state index is 0.0948. The third-order valence-electron chi connectivity index (χ3n) is 3.24. The number of nitrogens with two attached hydrogens (primary N) is 1. The first-order valence-electron chi connectivity index (χ1n) is 5.88.